The predicted octanol–water partition coefficient (Wildman–Crippen LogP) is 6.87. The van der Waals surface area contributed by atoms with Crippen molar-refractivity contribution >= 4 is 5.97 Å². The van der Waals surface area contributed by atoms with E-state index >= 15 is 0 Å². The molecule has 0 aromatic heterocycles. The van der Waals surface area contributed by atoms with Crippen molar-refractivity contribution in [2.75, 3.05) is 7.11 Å². The Morgan fingerprint density at radius 1 is 0.415 bits per heavy atom. The molecule has 28 heteroatoms. The topological polar surface area (TPSA) is 54.0 Å². The van der Waals surface area contributed by atoms with Crippen LogP contribution in [0.25, 0.3) is 0 Å². The van der Waals surface area contributed by atoms with Crippen molar-refractivity contribution in [3.05, 3.63) is 0 Å². The molecule has 0 radical (unpaired) electrons. The maximum absolute atomic E-state index is 14.1. The van der Waals surface area contributed by atoms with E-state index in [0.717, 1.165) is 9.47 Å². The minimum absolute atomic E-state index is 0.393. The fraction of sp³-hybridized carbons (Fsp3) is 0.923. The number of hydrogen-bond donors (Lipinski definition) is 0. The van der Waals surface area contributed by atoms with Gasteiger partial charge in [-0.15, -0.1) is 0 Å². The Morgan fingerprint density at radius 2 is 0.707 bits per heavy atom. The Labute approximate surface area is 206 Å². The van der Waals surface area contributed by atoms with Crippen LogP contribution in [-0.2, 0) is 23.7 Å². The largest absolute Gasteiger partial charge is 0.465 e. The van der Waals surface area contributed by atoms with E-state index in [1.807, 2.05) is 0 Å². The SMILES string of the molecule is COC(=O)[C@](F)(OC(F)(F)[C@](F)(OC(F)(F)[C@@](F)(OC(F)(F)C(F)(F)C(F)(F)F)C(F)(F)F)C(F)(F)F)C(F)(F)F. The van der Waals surface area contributed by atoms with Gasteiger partial charge in [0.2, 0.25) is 0 Å². The predicted molar refractivity (Wildman–Crippen MR) is 70.8 cm³/mol. The van der Waals surface area contributed by atoms with Gasteiger partial charge in [0.25, 0.3) is 0 Å². The average Bonchev–Trinajstić information content (AvgIpc) is 2.68. The van der Waals surface area contributed by atoms with Crippen molar-refractivity contribution in [2.24, 2.45) is 0 Å². The second-order valence-corrected chi connectivity index (χ2v) is 6.70. The molecule has 0 saturated heterocycles. The number of methoxy groups -OCH3 is 1. The fourth-order valence-electron chi connectivity index (χ4n) is 1.80. The quantitative estimate of drug-likeness (QED) is 0.187. The van der Waals surface area contributed by atoms with E-state index in [0.29, 0.717) is 0 Å². The first-order valence-corrected chi connectivity index (χ1v) is 8.39. The summed E-state index contributed by atoms with van der Waals surface area (Å²) >= 11 is 0. The van der Waals surface area contributed by atoms with Gasteiger partial charge in [-0.1, -0.05) is 0 Å². The van der Waals surface area contributed by atoms with Crippen LogP contribution in [0.5, 0.6) is 0 Å². The van der Waals surface area contributed by atoms with Crippen LogP contribution < -0.4 is 0 Å². The summed E-state index contributed by atoms with van der Waals surface area (Å²) in [5.41, 5.74) is 0. The van der Waals surface area contributed by atoms with E-state index in [-0.39, 0.29) is 0 Å². The van der Waals surface area contributed by atoms with Gasteiger partial charge in [0.05, 0.1) is 7.11 Å². The van der Waals surface area contributed by atoms with Crippen LogP contribution in [0.4, 0.5) is 101 Å². The van der Waals surface area contributed by atoms with Gasteiger partial charge in [-0.25, -0.2) is 4.79 Å². The lowest BCUT2D eigenvalue weighted by Gasteiger charge is -2.42. The number of rotatable bonds is 10. The molecule has 0 unspecified atom stereocenters. The number of carbonyl (C=O) groups is 1. The zero-order chi connectivity index (χ0) is 33.9. The Bertz CT molecular complexity index is 948. The highest BCUT2D eigenvalue weighted by molar-refractivity contribution is 5.78. The Hall–Kier alpha value is -2.26. The third-order valence-electron chi connectivity index (χ3n) is 3.82. The molecular formula is C13H3F23O5. The van der Waals surface area contributed by atoms with Crippen molar-refractivity contribution in [1.82, 2.24) is 0 Å². The molecular weight excluding hydrogens is 673 g/mol. The summed E-state index contributed by atoms with van der Waals surface area (Å²) in [4.78, 5) is 10.8. The second kappa shape index (κ2) is 10.2. The molecule has 0 spiro atoms. The number of hydrogen-bond acceptors (Lipinski definition) is 5. The minimum atomic E-state index is -8.74. The normalized spacial score (nSPS) is 19.7. The number of alkyl halides is 23. The molecule has 0 fully saturated rings. The van der Waals surface area contributed by atoms with Gasteiger partial charge in [-0.05, 0) is 0 Å². The first-order valence-electron chi connectivity index (χ1n) is 8.39. The highest BCUT2D eigenvalue weighted by atomic mass is 19.4. The molecule has 0 saturated carbocycles. The van der Waals surface area contributed by atoms with Crippen LogP contribution in [0.15, 0.2) is 0 Å². The molecule has 0 bridgehead atoms. The van der Waals surface area contributed by atoms with Gasteiger partial charge >= 0.3 is 72.5 Å². The van der Waals surface area contributed by atoms with Crippen molar-refractivity contribution in [2.45, 2.75) is 66.5 Å². The third-order valence-corrected chi connectivity index (χ3v) is 3.82. The number of esters is 1. The molecule has 0 rings (SSSR count). The molecule has 0 N–H and O–H groups in total. The molecule has 0 aliphatic carbocycles. The minimum Gasteiger partial charge on any atom is -0.465 e. The van der Waals surface area contributed by atoms with Gasteiger partial charge in [0, 0.05) is 0 Å². The highest BCUT2D eigenvalue weighted by Gasteiger charge is 2.88. The molecule has 0 heterocycles. The summed E-state index contributed by atoms with van der Waals surface area (Å²) < 4.78 is 306. The summed E-state index contributed by atoms with van der Waals surface area (Å²) in [5, 5.41) is 0. The van der Waals surface area contributed by atoms with E-state index in [2.05, 4.69) is 4.74 Å². The Morgan fingerprint density at radius 3 is 0.951 bits per heavy atom. The van der Waals surface area contributed by atoms with Crippen molar-refractivity contribution in [1.29, 1.82) is 0 Å². The number of halogens is 23. The summed E-state index contributed by atoms with van der Waals surface area (Å²) in [6.07, 6.45) is -57.5. The second-order valence-electron chi connectivity index (χ2n) is 6.70. The van der Waals surface area contributed by atoms with Gasteiger partial charge in [-0.2, -0.15) is 101 Å². The third kappa shape index (κ3) is 6.41. The van der Waals surface area contributed by atoms with Crippen molar-refractivity contribution < 1.29 is 125 Å². The standard InChI is InChI=1S/C13H3F23O5/c1-38-2(37)3(14,7(19,20)21)39-12(33,34)5(17,9(25,26)27)41-13(35,36)6(18,10(28,29)30)40-11(31,32)4(15,16)8(22,23)24/h1H3/t3-,5+,6-/m0/s1. The zero-order valence-electron chi connectivity index (χ0n) is 17.7. The number of carbonyl (C=O) groups excluding carboxylic acids is 1. The molecule has 0 aliphatic heterocycles. The fourth-order valence-corrected chi connectivity index (χ4v) is 1.80. The van der Waals surface area contributed by atoms with Crippen molar-refractivity contribution in [3.8, 4) is 0 Å². The van der Waals surface area contributed by atoms with Crippen LogP contribution >= 0.6 is 0 Å². The van der Waals surface area contributed by atoms with Gasteiger partial charge in [0.1, 0.15) is 0 Å². The summed E-state index contributed by atoms with van der Waals surface area (Å²) in [6, 6.07) is 0. The molecule has 3 atom stereocenters. The maximum Gasteiger partial charge on any atom is 0.462 e. The first kappa shape index (κ1) is 38.7. The first-order chi connectivity index (χ1) is 17.4. The lowest BCUT2D eigenvalue weighted by Crippen LogP contribution is -2.70. The monoisotopic (exact) mass is 676 g/mol. The van der Waals surface area contributed by atoms with Gasteiger partial charge in [0.15, 0.2) is 0 Å². The molecule has 5 nitrogen and oxygen atoms in total. The Kier molecular flexibility index (Phi) is 9.62. The lowest BCUT2D eigenvalue weighted by atomic mass is 10.2. The van der Waals surface area contributed by atoms with E-state index in [1.54, 1.807) is 4.74 Å². The highest BCUT2D eigenvalue weighted by Crippen LogP contribution is 2.59. The molecule has 0 aromatic carbocycles. The summed E-state index contributed by atoms with van der Waals surface area (Å²) in [6.45, 7) is 0. The van der Waals surface area contributed by atoms with Crippen LogP contribution in [0, 0.1) is 0 Å². The van der Waals surface area contributed by atoms with Crippen molar-refractivity contribution in [3.63, 3.8) is 0 Å². The molecule has 41 heavy (non-hydrogen) atoms. The molecule has 0 aromatic rings. The lowest BCUT2D eigenvalue weighted by molar-refractivity contribution is -0.578. The van der Waals surface area contributed by atoms with Crippen LogP contribution in [0.1, 0.15) is 0 Å². The molecule has 0 aliphatic rings. The molecule has 0 amide bonds. The Balaban J connectivity index is 7.29. The smallest absolute Gasteiger partial charge is 0.462 e. The zero-order valence-corrected chi connectivity index (χ0v) is 17.7. The summed E-state index contributed by atoms with van der Waals surface area (Å²) in [7, 11) is -0.393. The van der Waals surface area contributed by atoms with Crippen LogP contribution in [-0.4, -0.2) is 79.6 Å². The van der Waals surface area contributed by atoms with E-state index in [1.165, 1.54) is 0 Å². The number of ether oxygens (including phenoxy) is 4. The van der Waals surface area contributed by atoms with E-state index in [4.69, 9.17) is 0 Å². The van der Waals surface area contributed by atoms with Gasteiger partial charge < -0.3 is 4.74 Å². The van der Waals surface area contributed by atoms with Gasteiger partial charge in [-0.3, -0.25) is 14.2 Å². The maximum atomic E-state index is 14.1. The van der Waals surface area contributed by atoms with Crippen LogP contribution in [0.2, 0.25) is 0 Å². The van der Waals surface area contributed by atoms with E-state index < -0.39 is 79.6 Å². The summed E-state index contributed by atoms with van der Waals surface area (Å²) in [5.74, 6) is -36.5. The molecule has 246 valence electrons. The van der Waals surface area contributed by atoms with Crippen LogP contribution in [0.3, 0.4) is 0 Å². The average molecular weight is 676 g/mol. The van der Waals surface area contributed by atoms with E-state index in [9.17, 15) is 106 Å².